The highest BCUT2D eigenvalue weighted by atomic mass is 16.1. The molecule has 0 aliphatic carbocycles. The quantitative estimate of drug-likeness (QED) is 0.474. The van der Waals surface area contributed by atoms with Gasteiger partial charge in [0.2, 0.25) is 0 Å². The molecule has 1 N–H and O–H groups in total. The molecule has 0 spiro atoms. The first-order valence-corrected chi connectivity index (χ1v) is 10.5. The summed E-state index contributed by atoms with van der Waals surface area (Å²) in [6.45, 7) is 2.07. The van der Waals surface area contributed by atoms with E-state index in [0.29, 0.717) is 23.3 Å². The molecule has 32 heavy (non-hydrogen) atoms. The van der Waals surface area contributed by atoms with Crippen LogP contribution in [0.25, 0.3) is 16.4 Å². The molecule has 1 unspecified atom stereocenters. The van der Waals surface area contributed by atoms with Gasteiger partial charge in [0, 0.05) is 11.8 Å². The lowest BCUT2D eigenvalue weighted by Gasteiger charge is -2.22. The Morgan fingerprint density at radius 3 is 2.38 bits per heavy atom. The number of aryl methyl sites for hydroxylation is 1. The summed E-state index contributed by atoms with van der Waals surface area (Å²) in [7, 11) is 0. The zero-order valence-electron chi connectivity index (χ0n) is 17.4. The Morgan fingerprint density at radius 1 is 0.875 bits per heavy atom. The predicted octanol–water partition coefficient (Wildman–Crippen LogP) is 4.23. The van der Waals surface area contributed by atoms with Crippen molar-refractivity contribution < 1.29 is 0 Å². The number of hydrazone groups is 1. The van der Waals surface area contributed by atoms with Gasteiger partial charge in [-0.25, -0.2) is 4.52 Å². The van der Waals surface area contributed by atoms with Gasteiger partial charge in [-0.2, -0.15) is 5.10 Å². The van der Waals surface area contributed by atoms with Crippen molar-refractivity contribution in [3.8, 4) is 0 Å². The Balaban J connectivity index is 1.51. The summed E-state index contributed by atoms with van der Waals surface area (Å²) >= 11 is 0. The molecule has 0 bridgehead atoms. The number of fused-ring (bicyclic) bond motifs is 3. The third kappa shape index (κ3) is 2.90. The molecular formula is C25H20N6O. The van der Waals surface area contributed by atoms with Gasteiger partial charge in [0.05, 0.1) is 16.8 Å². The Hall–Kier alpha value is -4.26. The highest BCUT2D eigenvalue weighted by molar-refractivity contribution is 6.03. The summed E-state index contributed by atoms with van der Waals surface area (Å²) < 4.78 is 1.71. The SMILES string of the molecule is Cc1ccc(C2=NN(c3ccccc3)C(c3nnc4c5ccccc5c(=O)[nH]n34)C2)cc1. The van der Waals surface area contributed by atoms with Crippen molar-refractivity contribution >= 4 is 27.8 Å². The fourth-order valence-corrected chi connectivity index (χ4v) is 4.29. The fraction of sp³-hybridized carbons (Fsp3) is 0.120. The number of nitrogens with one attached hydrogen (secondary N) is 1. The molecular weight excluding hydrogens is 400 g/mol. The highest BCUT2D eigenvalue weighted by Crippen LogP contribution is 2.36. The number of H-pyrrole nitrogens is 1. The minimum absolute atomic E-state index is 0.168. The second-order valence-electron chi connectivity index (χ2n) is 8.02. The maximum atomic E-state index is 12.8. The van der Waals surface area contributed by atoms with Crippen LogP contribution in [0.2, 0.25) is 0 Å². The van der Waals surface area contributed by atoms with E-state index in [4.69, 9.17) is 5.10 Å². The lowest BCUT2D eigenvalue weighted by molar-refractivity contribution is 0.631. The van der Waals surface area contributed by atoms with Crippen molar-refractivity contribution in [2.75, 3.05) is 5.01 Å². The van der Waals surface area contributed by atoms with Crippen LogP contribution in [-0.4, -0.2) is 25.5 Å². The normalized spacial score (nSPS) is 16.1. The molecule has 3 aromatic carbocycles. The van der Waals surface area contributed by atoms with Gasteiger partial charge in [0.25, 0.3) is 5.56 Å². The Morgan fingerprint density at radius 2 is 1.59 bits per heavy atom. The molecule has 0 saturated heterocycles. The third-order valence-electron chi connectivity index (χ3n) is 5.93. The average Bonchev–Trinajstić information content (AvgIpc) is 3.45. The van der Waals surface area contributed by atoms with Crippen molar-refractivity contribution in [3.63, 3.8) is 0 Å². The van der Waals surface area contributed by atoms with Gasteiger partial charge in [0.15, 0.2) is 11.5 Å². The van der Waals surface area contributed by atoms with Crippen molar-refractivity contribution in [1.82, 2.24) is 19.8 Å². The van der Waals surface area contributed by atoms with E-state index >= 15 is 0 Å². The summed E-state index contributed by atoms with van der Waals surface area (Å²) in [5.41, 5.74) is 4.67. The number of hydrogen-bond acceptors (Lipinski definition) is 5. The summed E-state index contributed by atoms with van der Waals surface area (Å²) in [6.07, 6.45) is 0.646. The first kappa shape index (κ1) is 18.5. The van der Waals surface area contributed by atoms with E-state index < -0.39 is 0 Å². The molecule has 3 heterocycles. The number of benzene rings is 3. The standard InChI is InChI=1S/C25H20N6O/c1-16-11-13-17(14-12-16)21-15-22(30(28-21)18-7-3-2-4-8-18)24-27-26-23-19-9-5-6-10-20(19)25(32)29-31(23)24/h2-14,22H,15H2,1H3,(H,29,32). The van der Waals surface area contributed by atoms with Gasteiger partial charge >= 0.3 is 0 Å². The summed E-state index contributed by atoms with van der Waals surface area (Å²) in [6, 6.07) is 25.6. The van der Waals surface area contributed by atoms with Crippen LogP contribution in [-0.2, 0) is 0 Å². The lowest BCUT2D eigenvalue weighted by atomic mass is 10.0. The second kappa shape index (κ2) is 7.16. The number of aromatic amines is 1. The van der Waals surface area contributed by atoms with Crippen molar-refractivity contribution in [2.24, 2.45) is 5.10 Å². The third-order valence-corrected chi connectivity index (χ3v) is 5.93. The first-order chi connectivity index (χ1) is 15.7. The van der Waals surface area contributed by atoms with E-state index in [9.17, 15) is 4.79 Å². The molecule has 7 heteroatoms. The van der Waals surface area contributed by atoms with Crippen LogP contribution in [0, 0.1) is 6.92 Å². The van der Waals surface area contributed by atoms with E-state index in [1.165, 1.54) is 5.56 Å². The number of aromatic nitrogens is 4. The smallest absolute Gasteiger partial charge is 0.267 e. The average molecular weight is 420 g/mol. The van der Waals surface area contributed by atoms with Gasteiger partial charge < -0.3 is 0 Å². The monoisotopic (exact) mass is 420 g/mol. The highest BCUT2D eigenvalue weighted by Gasteiger charge is 2.34. The van der Waals surface area contributed by atoms with Crippen molar-refractivity contribution in [1.29, 1.82) is 0 Å². The van der Waals surface area contributed by atoms with E-state index in [2.05, 4.69) is 46.5 Å². The van der Waals surface area contributed by atoms with Gasteiger partial charge in [-0.1, -0.05) is 66.2 Å². The molecule has 0 amide bonds. The Labute approximate surface area is 183 Å². The van der Waals surface area contributed by atoms with E-state index in [-0.39, 0.29) is 11.6 Å². The van der Waals surface area contributed by atoms with Crippen LogP contribution in [0.15, 0.2) is 88.8 Å². The van der Waals surface area contributed by atoms with Crippen LogP contribution in [0.3, 0.4) is 0 Å². The van der Waals surface area contributed by atoms with Crippen LogP contribution in [0.5, 0.6) is 0 Å². The molecule has 1 atom stereocenters. The predicted molar refractivity (Wildman–Crippen MR) is 125 cm³/mol. The molecule has 5 aromatic rings. The number of para-hydroxylation sites is 1. The van der Waals surface area contributed by atoms with Gasteiger partial charge in [-0.3, -0.25) is 14.9 Å². The van der Waals surface area contributed by atoms with E-state index in [1.807, 2.05) is 53.5 Å². The molecule has 2 aromatic heterocycles. The minimum Gasteiger partial charge on any atom is -0.267 e. The molecule has 7 nitrogen and oxygen atoms in total. The number of anilines is 1. The summed E-state index contributed by atoms with van der Waals surface area (Å²) in [4.78, 5) is 12.8. The maximum absolute atomic E-state index is 12.8. The maximum Gasteiger partial charge on any atom is 0.270 e. The molecule has 6 rings (SSSR count). The second-order valence-corrected chi connectivity index (χ2v) is 8.02. The van der Waals surface area contributed by atoms with E-state index in [0.717, 1.165) is 22.3 Å². The van der Waals surface area contributed by atoms with Crippen molar-refractivity contribution in [3.05, 3.63) is 106 Å². The minimum atomic E-state index is -0.208. The Bertz CT molecular complexity index is 1530. The molecule has 0 radical (unpaired) electrons. The van der Waals surface area contributed by atoms with Gasteiger partial charge in [-0.15, -0.1) is 10.2 Å². The molecule has 0 saturated carbocycles. The zero-order chi connectivity index (χ0) is 21.7. The van der Waals surface area contributed by atoms with Crippen LogP contribution < -0.4 is 10.6 Å². The summed E-state index contributed by atoms with van der Waals surface area (Å²) in [5, 5.41) is 20.2. The number of rotatable bonds is 3. The van der Waals surface area contributed by atoms with Crippen LogP contribution in [0.1, 0.15) is 29.4 Å². The van der Waals surface area contributed by atoms with Gasteiger partial charge in [0.1, 0.15) is 6.04 Å². The van der Waals surface area contributed by atoms with Crippen LogP contribution in [0.4, 0.5) is 5.69 Å². The number of hydrogen-bond donors (Lipinski definition) is 1. The topological polar surface area (TPSA) is 78.7 Å². The lowest BCUT2D eigenvalue weighted by Crippen LogP contribution is -2.23. The molecule has 156 valence electrons. The molecule has 0 fully saturated rings. The van der Waals surface area contributed by atoms with Crippen LogP contribution >= 0.6 is 0 Å². The van der Waals surface area contributed by atoms with Gasteiger partial charge in [-0.05, 0) is 30.7 Å². The Kier molecular flexibility index (Phi) is 4.14. The van der Waals surface area contributed by atoms with Crippen molar-refractivity contribution in [2.45, 2.75) is 19.4 Å². The molecule has 1 aliphatic rings. The summed E-state index contributed by atoms with van der Waals surface area (Å²) in [5.74, 6) is 0.651. The zero-order valence-corrected chi connectivity index (χ0v) is 17.4. The first-order valence-electron chi connectivity index (χ1n) is 10.5. The molecule has 1 aliphatic heterocycles. The largest absolute Gasteiger partial charge is 0.270 e. The van der Waals surface area contributed by atoms with E-state index in [1.54, 1.807) is 10.6 Å². The number of nitrogens with zero attached hydrogens (tertiary/aromatic N) is 5. The fourth-order valence-electron chi connectivity index (χ4n) is 4.29.